The zero-order valence-electron chi connectivity index (χ0n) is 14.1. The van der Waals surface area contributed by atoms with Gasteiger partial charge in [-0.15, -0.1) is 10.2 Å². The lowest BCUT2D eigenvalue weighted by atomic mass is 10.0. The number of hydrogen-bond acceptors (Lipinski definition) is 6. The van der Waals surface area contributed by atoms with Crippen LogP contribution in [0.25, 0.3) is 0 Å². The summed E-state index contributed by atoms with van der Waals surface area (Å²) in [5.41, 5.74) is 1.68. The number of thioether (sulfide) groups is 1. The third-order valence-electron chi connectivity index (χ3n) is 3.60. The van der Waals surface area contributed by atoms with Gasteiger partial charge in [0.25, 0.3) is 0 Å². The van der Waals surface area contributed by atoms with E-state index in [0.29, 0.717) is 15.9 Å². The highest BCUT2D eigenvalue weighted by molar-refractivity contribution is 8.01. The summed E-state index contributed by atoms with van der Waals surface area (Å²) in [7, 11) is 0. The van der Waals surface area contributed by atoms with E-state index in [1.165, 1.54) is 23.1 Å². The number of halogens is 1. The number of rotatable bonds is 7. The number of carbonyl (C=O) groups excluding carboxylic acids is 1. The van der Waals surface area contributed by atoms with Crippen LogP contribution in [-0.4, -0.2) is 27.4 Å². The van der Waals surface area contributed by atoms with Crippen LogP contribution in [0.2, 0.25) is 5.02 Å². The van der Waals surface area contributed by atoms with Crippen LogP contribution in [0.4, 0.5) is 10.8 Å². The van der Waals surface area contributed by atoms with Crippen LogP contribution < -0.4 is 10.6 Å². The maximum absolute atomic E-state index is 12.0. The molecule has 1 heterocycles. The van der Waals surface area contributed by atoms with Crippen molar-refractivity contribution < 1.29 is 4.79 Å². The molecular weight excluding hydrogens is 364 g/mol. The fourth-order valence-corrected chi connectivity index (χ4v) is 3.54. The molecule has 130 valence electrons. The van der Waals surface area contributed by atoms with Gasteiger partial charge in [0.05, 0.1) is 5.75 Å². The molecule has 0 fully saturated rings. The van der Waals surface area contributed by atoms with Crippen molar-refractivity contribution in [1.82, 2.24) is 15.5 Å². The minimum atomic E-state index is -0.185. The van der Waals surface area contributed by atoms with Gasteiger partial charge in [-0.1, -0.05) is 47.7 Å². The van der Waals surface area contributed by atoms with E-state index in [4.69, 9.17) is 11.6 Å². The van der Waals surface area contributed by atoms with Gasteiger partial charge < -0.3 is 10.6 Å². The highest BCUT2D eigenvalue weighted by atomic mass is 35.5. The second-order valence-electron chi connectivity index (χ2n) is 5.98. The molecule has 2 aromatic rings. The molecule has 0 aliphatic carbocycles. The zero-order chi connectivity index (χ0) is 17.7. The quantitative estimate of drug-likeness (QED) is 0.680. The number of carbonyl (C=O) groups is 1. The summed E-state index contributed by atoms with van der Waals surface area (Å²) in [4.78, 5) is 12.0. The lowest BCUT2D eigenvalue weighted by Crippen LogP contribution is -2.43. The van der Waals surface area contributed by atoms with Crippen LogP contribution >= 0.6 is 34.7 Å². The zero-order valence-corrected chi connectivity index (χ0v) is 16.5. The molecular formula is C16H21ClN4OS2. The first-order valence-corrected chi connectivity index (χ1v) is 9.78. The van der Waals surface area contributed by atoms with Gasteiger partial charge in [-0.05, 0) is 44.9 Å². The minimum Gasteiger partial charge on any atom is -0.351 e. The molecule has 0 radical (unpaired) electrons. The Bertz CT molecular complexity index is 718. The third kappa shape index (κ3) is 5.36. The molecule has 8 heteroatoms. The van der Waals surface area contributed by atoms with E-state index >= 15 is 0 Å². The molecule has 5 nitrogen and oxygen atoms in total. The molecule has 0 spiro atoms. The van der Waals surface area contributed by atoms with Crippen LogP contribution in [-0.2, 0) is 4.79 Å². The van der Waals surface area contributed by atoms with E-state index in [1.807, 2.05) is 45.9 Å². The van der Waals surface area contributed by atoms with E-state index in [-0.39, 0.29) is 11.4 Å². The molecule has 0 aliphatic rings. The van der Waals surface area contributed by atoms with Crippen molar-refractivity contribution in [3.8, 4) is 0 Å². The molecule has 0 atom stereocenters. The molecule has 0 saturated carbocycles. The van der Waals surface area contributed by atoms with Crippen molar-refractivity contribution in [2.45, 2.75) is 44.0 Å². The van der Waals surface area contributed by atoms with Crippen molar-refractivity contribution in [2.75, 3.05) is 11.1 Å². The van der Waals surface area contributed by atoms with Gasteiger partial charge in [0, 0.05) is 16.2 Å². The Balaban J connectivity index is 1.92. The number of anilines is 2. The van der Waals surface area contributed by atoms with Gasteiger partial charge in [0.2, 0.25) is 11.0 Å². The monoisotopic (exact) mass is 384 g/mol. The van der Waals surface area contributed by atoms with Crippen molar-refractivity contribution in [2.24, 2.45) is 0 Å². The van der Waals surface area contributed by atoms with E-state index in [0.717, 1.165) is 22.0 Å². The van der Waals surface area contributed by atoms with Crippen LogP contribution in [0.1, 0.15) is 32.8 Å². The summed E-state index contributed by atoms with van der Waals surface area (Å²) in [6.07, 6.45) is 0.884. The topological polar surface area (TPSA) is 66.9 Å². The number of nitrogens with one attached hydrogen (secondary N) is 2. The lowest BCUT2D eigenvalue weighted by Gasteiger charge is -2.24. The Hall–Kier alpha value is -1.31. The first-order chi connectivity index (χ1) is 11.3. The number of amides is 1. The lowest BCUT2D eigenvalue weighted by molar-refractivity contribution is -0.120. The Morgan fingerprint density at radius 3 is 2.83 bits per heavy atom. The number of benzene rings is 1. The van der Waals surface area contributed by atoms with Gasteiger partial charge in [-0.25, -0.2) is 0 Å². The standard InChI is InChI=1S/C16H21ClN4OS2/c1-5-16(3,4)19-13(22)9-23-15-21-20-14(24-15)18-12-8-6-7-11(17)10(12)2/h6-8H,5,9H2,1-4H3,(H,18,20)(H,19,22). The fourth-order valence-electron chi connectivity index (χ4n) is 1.81. The first-order valence-electron chi connectivity index (χ1n) is 7.60. The van der Waals surface area contributed by atoms with Crippen molar-refractivity contribution in [3.63, 3.8) is 0 Å². The molecule has 1 aromatic heterocycles. The summed E-state index contributed by atoms with van der Waals surface area (Å²) in [5, 5.41) is 15.8. The van der Waals surface area contributed by atoms with Crippen LogP contribution in [0.15, 0.2) is 22.5 Å². The second kappa shape index (κ2) is 8.18. The maximum atomic E-state index is 12.0. The average molecular weight is 385 g/mol. The van der Waals surface area contributed by atoms with Crippen LogP contribution in [0.3, 0.4) is 0 Å². The predicted molar refractivity (Wildman–Crippen MR) is 103 cm³/mol. The molecule has 0 aliphatic heterocycles. The summed E-state index contributed by atoms with van der Waals surface area (Å²) < 4.78 is 0.752. The van der Waals surface area contributed by atoms with Crippen molar-refractivity contribution in [3.05, 3.63) is 28.8 Å². The third-order valence-corrected chi connectivity index (χ3v) is 5.99. The van der Waals surface area contributed by atoms with Gasteiger partial charge in [-0.2, -0.15) is 0 Å². The second-order valence-corrected chi connectivity index (χ2v) is 8.59. The highest BCUT2D eigenvalue weighted by Gasteiger charge is 2.18. The molecule has 0 unspecified atom stereocenters. The summed E-state index contributed by atoms with van der Waals surface area (Å²) in [6, 6.07) is 5.67. The molecule has 0 saturated heterocycles. The van der Waals surface area contributed by atoms with E-state index in [2.05, 4.69) is 20.8 Å². The smallest absolute Gasteiger partial charge is 0.230 e. The molecule has 2 rings (SSSR count). The highest BCUT2D eigenvalue weighted by Crippen LogP contribution is 2.30. The van der Waals surface area contributed by atoms with Gasteiger partial charge in [-0.3, -0.25) is 4.79 Å². The van der Waals surface area contributed by atoms with Crippen LogP contribution in [0, 0.1) is 6.92 Å². The number of nitrogens with zero attached hydrogens (tertiary/aromatic N) is 2. The molecule has 1 amide bonds. The first kappa shape index (κ1) is 19.0. The van der Waals surface area contributed by atoms with Gasteiger partial charge in [0.15, 0.2) is 4.34 Å². The minimum absolute atomic E-state index is 0.00208. The summed E-state index contributed by atoms with van der Waals surface area (Å²) in [5.74, 6) is 0.330. The Labute approximate surface area is 155 Å². The fraction of sp³-hybridized carbons (Fsp3) is 0.438. The van der Waals surface area contributed by atoms with Gasteiger partial charge in [0.1, 0.15) is 0 Å². The van der Waals surface area contributed by atoms with Crippen molar-refractivity contribution >= 4 is 51.4 Å². The van der Waals surface area contributed by atoms with Crippen molar-refractivity contribution in [1.29, 1.82) is 0 Å². The van der Waals surface area contributed by atoms with Gasteiger partial charge >= 0.3 is 0 Å². The normalized spacial score (nSPS) is 11.4. The Morgan fingerprint density at radius 1 is 1.38 bits per heavy atom. The predicted octanol–water partition coefficient (Wildman–Crippen LogP) is 4.64. The average Bonchev–Trinajstić information content (AvgIpc) is 2.97. The number of aromatic nitrogens is 2. The van der Waals surface area contributed by atoms with E-state index in [1.54, 1.807) is 0 Å². The van der Waals surface area contributed by atoms with E-state index < -0.39 is 0 Å². The maximum Gasteiger partial charge on any atom is 0.230 e. The van der Waals surface area contributed by atoms with Crippen LogP contribution in [0.5, 0.6) is 0 Å². The molecule has 0 bridgehead atoms. The Morgan fingerprint density at radius 2 is 2.12 bits per heavy atom. The number of hydrogen-bond donors (Lipinski definition) is 2. The molecule has 1 aromatic carbocycles. The largest absolute Gasteiger partial charge is 0.351 e. The van der Waals surface area contributed by atoms with E-state index in [9.17, 15) is 4.79 Å². The summed E-state index contributed by atoms with van der Waals surface area (Å²) in [6.45, 7) is 8.01. The summed E-state index contributed by atoms with van der Waals surface area (Å²) >= 11 is 8.91. The Kier molecular flexibility index (Phi) is 6.48. The molecule has 2 N–H and O–H groups in total. The SMILES string of the molecule is CCC(C)(C)NC(=O)CSc1nnc(Nc2cccc(Cl)c2C)s1. The molecule has 24 heavy (non-hydrogen) atoms.